The summed E-state index contributed by atoms with van der Waals surface area (Å²) in [5.74, 6) is 0.709. The normalized spacial score (nSPS) is 23.9. The maximum Gasteiger partial charge on any atom is 0.216 e. The maximum absolute atomic E-state index is 12.6. The predicted octanol–water partition coefficient (Wildman–Crippen LogP) is 2.16. The van der Waals surface area contributed by atoms with E-state index in [1.807, 2.05) is 30.3 Å². The molecule has 1 heterocycles. The van der Waals surface area contributed by atoms with Gasteiger partial charge in [0.05, 0.1) is 23.3 Å². The highest BCUT2D eigenvalue weighted by Gasteiger charge is 2.49. The Morgan fingerprint density at radius 2 is 2.05 bits per heavy atom. The predicted molar refractivity (Wildman–Crippen MR) is 82.7 cm³/mol. The van der Waals surface area contributed by atoms with Crippen LogP contribution in [0.3, 0.4) is 0 Å². The summed E-state index contributed by atoms with van der Waals surface area (Å²) in [5, 5.41) is 9.12. The molecule has 2 aliphatic rings. The zero-order valence-corrected chi connectivity index (χ0v) is 13.3. The molecule has 0 spiro atoms. The molecule has 0 unspecified atom stereocenters. The SMILES string of the molecule is N#CC1(CS(=O)(=O)N2CCC[C@H]2COc2ccccc2)CC1. The van der Waals surface area contributed by atoms with Crippen LogP contribution in [-0.2, 0) is 10.0 Å². The lowest BCUT2D eigenvalue weighted by atomic mass is 10.2. The molecule has 0 aromatic heterocycles. The van der Waals surface area contributed by atoms with Crippen LogP contribution in [0, 0.1) is 16.7 Å². The van der Waals surface area contributed by atoms with Crippen molar-refractivity contribution >= 4 is 10.0 Å². The summed E-state index contributed by atoms with van der Waals surface area (Å²) < 4.78 is 32.4. The lowest BCUT2D eigenvalue weighted by Gasteiger charge is -2.25. The van der Waals surface area contributed by atoms with Crippen molar-refractivity contribution in [3.63, 3.8) is 0 Å². The molecule has 0 bridgehead atoms. The lowest BCUT2D eigenvalue weighted by Crippen LogP contribution is -2.41. The molecule has 1 saturated carbocycles. The molecular weight excluding hydrogens is 300 g/mol. The first-order chi connectivity index (χ1) is 10.5. The molecule has 1 aromatic rings. The van der Waals surface area contributed by atoms with Crippen molar-refractivity contribution in [1.29, 1.82) is 5.26 Å². The van der Waals surface area contributed by atoms with Crippen molar-refractivity contribution in [2.24, 2.45) is 5.41 Å². The Kier molecular flexibility index (Phi) is 4.11. The van der Waals surface area contributed by atoms with Crippen molar-refractivity contribution in [2.75, 3.05) is 18.9 Å². The number of hydrogen-bond donors (Lipinski definition) is 0. The van der Waals surface area contributed by atoms with E-state index in [1.165, 1.54) is 0 Å². The van der Waals surface area contributed by atoms with Gasteiger partial charge in [-0.3, -0.25) is 0 Å². The van der Waals surface area contributed by atoms with E-state index in [9.17, 15) is 8.42 Å². The summed E-state index contributed by atoms with van der Waals surface area (Å²) in [6, 6.07) is 11.5. The molecule has 1 aromatic carbocycles. The Labute approximate surface area is 131 Å². The summed E-state index contributed by atoms with van der Waals surface area (Å²) in [4.78, 5) is 0. The van der Waals surface area contributed by atoms with Gasteiger partial charge in [-0.05, 0) is 37.8 Å². The van der Waals surface area contributed by atoms with E-state index in [2.05, 4.69) is 6.07 Å². The summed E-state index contributed by atoms with van der Waals surface area (Å²) in [7, 11) is -3.39. The van der Waals surface area contributed by atoms with Crippen LogP contribution in [0.25, 0.3) is 0 Å². The molecule has 6 heteroatoms. The molecule has 1 atom stereocenters. The van der Waals surface area contributed by atoms with Gasteiger partial charge < -0.3 is 4.74 Å². The second kappa shape index (κ2) is 5.90. The van der Waals surface area contributed by atoms with Crippen molar-refractivity contribution < 1.29 is 13.2 Å². The molecule has 1 aliphatic heterocycles. The third-order valence-corrected chi connectivity index (χ3v) is 6.53. The van der Waals surface area contributed by atoms with E-state index in [1.54, 1.807) is 4.31 Å². The van der Waals surface area contributed by atoms with Gasteiger partial charge in [0.25, 0.3) is 0 Å². The molecule has 22 heavy (non-hydrogen) atoms. The van der Waals surface area contributed by atoms with E-state index in [0.29, 0.717) is 26.0 Å². The minimum atomic E-state index is -3.39. The Morgan fingerprint density at radius 3 is 2.68 bits per heavy atom. The topological polar surface area (TPSA) is 70.4 Å². The third kappa shape index (κ3) is 3.26. The average Bonchev–Trinajstić information content (AvgIpc) is 3.11. The second-order valence-corrected chi connectivity index (χ2v) is 8.10. The van der Waals surface area contributed by atoms with Gasteiger partial charge in [0.2, 0.25) is 10.0 Å². The molecule has 0 radical (unpaired) electrons. The standard InChI is InChI=1S/C16H20N2O3S/c17-12-16(8-9-16)13-22(19,20)18-10-4-5-14(18)11-21-15-6-2-1-3-7-15/h1-3,6-7,14H,4-5,8-11,13H2/t14-/m0/s1. The van der Waals surface area contributed by atoms with Crippen LogP contribution in [0.1, 0.15) is 25.7 Å². The molecule has 1 saturated heterocycles. The fourth-order valence-electron chi connectivity index (χ4n) is 2.92. The lowest BCUT2D eigenvalue weighted by molar-refractivity contribution is 0.232. The zero-order valence-electron chi connectivity index (χ0n) is 12.4. The van der Waals surface area contributed by atoms with E-state index >= 15 is 0 Å². The highest BCUT2D eigenvalue weighted by atomic mass is 32.2. The summed E-state index contributed by atoms with van der Waals surface area (Å²) in [6.07, 6.45) is 3.05. The molecule has 118 valence electrons. The number of sulfonamides is 1. The highest BCUT2D eigenvalue weighted by molar-refractivity contribution is 7.89. The summed E-state index contributed by atoms with van der Waals surface area (Å²) in [5.41, 5.74) is -0.633. The van der Waals surface area contributed by atoms with Gasteiger partial charge in [-0.15, -0.1) is 0 Å². The Hall–Kier alpha value is -1.58. The van der Waals surface area contributed by atoms with E-state index in [-0.39, 0.29) is 11.8 Å². The van der Waals surface area contributed by atoms with Gasteiger partial charge in [0.1, 0.15) is 12.4 Å². The third-order valence-electron chi connectivity index (χ3n) is 4.42. The van der Waals surface area contributed by atoms with Gasteiger partial charge >= 0.3 is 0 Å². The smallest absolute Gasteiger partial charge is 0.216 e. The first-order valence-electron chi connectivity index (χ1n) is 7.63. The zero-order chi connectivity index (χ0) is 15.6. The van der Waals surface area contributed by atoms with Gasteiger partial charge in [-0.1, -0.05) is 18.2 Å². The molecule has 0 N–H and O–H groups in total. The quantitative estimate of drug-likeness (QED) is 0.805. The van der Waals surface area contributed by atoms with E-state index < -0.39 is 15.4 Å². The molecule has 3 rings (SSSR count). The monoisotopic (exact) mass is 320 g/mol. The van der Waals surface area contributed by atoms with Gasteiger partial charge in [0, 0.05) is 6.54 Å². The number of nitrogens with zero attached hydrogens (tertiary/aromatic N) is 2. The van der Waals surface area contributed by atoms with E-state index in [4.69, 9.17) is 10.00 Å². The average molecular weight is 320 g/mol. The fourth-order valence-corrected chi connectivity index (χ4v) is 5.17. The Balaban J connectivity index is 1.64. The van der Waals surface area contributed by atoms with E-state index in [0.717, 1.165) is 18.6 Å². The van der Waals surface area contributed by atoms with Crippen LogP contribution in [0.2, 0.25) is 0 Å². The molecule has 5 nitrogen and oxygen atoms in total. The van der Waals surface area contributed by atoms with Crippen LogP contribution >= 0.6 is 0 Å². The van der Waals surface area contributed by atoms with Crippen LogP contribution in [-0.4, -0.2) is 37.7 Å². The van der Waals surface area contributed by atoms with Crippen molar-refractivity contribution in [2.45, 2.75) is 31.7 Å². The molecule has 0 amide bonds. The first-order valence-corrected chi connectivity index (χ1v) is 9.24. The van der Waals surface area contributed by atoms with Gasteiger partial charge in [0.15, 0.2) is 0 Å². The molecule has 1 aliphatic carbocycles. The van der Waals surface area contributed by atoms with Gasteiger partial charge in [-0.2, -0.15) is 9.57 Å². The fraction of sp³-hybridized carbons (Fsp3) is 0.562. The second-order valence-electron chi connectivity index (χ2n) is 6.18. The summed E-state index contributed by atoms with van der Waals surface area (Å²) in [6.45, 7) is 0.898. The number of para-hydroxylation sites is 1. The molecule has 2 fully saturated rings. The Bertz CT molecular complexity index is 662. The highest BCUT2D eigenvalue weighted by Crippen LogP contribution is 2.46. The molecular formula is C16H20N2O3S. The van der Waals surface area contributed by atoms with Crippen LogP contribution in [0.4, 0.5) is 0 Å². The number of nitriles is 1. The van der Waals surface area contributed by atoms with Crippen LogP contribution < -0.4 is 4.74 Å². The number of hydrogen-bond acceptors (Lipinski definition) is 4. The first kappa shape index (κ1) is 15.3. The van der Waals surface area contributed by atoms with Crippen LogP contribution in [0.5, 0.6) is 5.75 Å². The van der Waals surface area contributed by atoms with Gasteiger partial charge in [-0.25, -0.2) is 8.42 Å². The summed E-state index contributed by atoms with van der Waals surface area (Å²) >= 11 is 0. The van der Waals surface area contributed by atoms with Crippen molar-refractivity contribution in [1.82, 2.24) is 4.31 Å². The Morgan fingerprint density at radius 1 is 1.32 bits per heavy atom. The van der Waals surface area contributed by atoms with Crippen molar-refractivity contribution in [3.05, 3.63) is 30.3 Å². The number of rotatable bonds is 6. The number of ether oxygens (including phenoxy) is 1. The largest absolute Gasteiger partial charge is 0.492 e. The van der Waals surface area contributed by atoms with Crippen molar-refractivity contribution in [3.8, 4) is 11.8 Å². The minimum absolute atomic E-state index is 0.0433. The number of benzene rings is 1. The minimum Gasteiger partial charge on any atom is -0.492 e. The maximum atomic E-state index is 12.6. The van der Waals surface area contributed by atoms with Crippen LogP contribution in [0.15, 0.2) is 30.3 Å².